The molecule has 0 saturated carbocycles. The van der Waals surface area contributed by atoms with Crippen molar-refractivity contribution in [3.05, 3.63) is 52.5 Å². The zero-order valence-corrected chi connectivity index (χ0v) is 17.5. The highest BCUT2D eigenvalue weighted by atomic mass is 32.2. The number of benzene rings is 1. The first-order chi connectivity index (χ1) is 14.3. The van der Waals surface area contributed by atoms with E-state index >= 15 is 0 Å². The monoisotopic (exact) mass is 453 g/mol. The summed E-state index contributed by atoms with van der Waals surface area (Å²) in [5.41, 5.74) is -0.211. The second kappa shape index (κ2) is 7.95. The molecule has 7 nitrogen and oxygen atoms in total. The zero-order valence-electron chi connectivity index (χ0n) is 15.8. The first-order valence-electron chi connectivity index (χ1n) is 9.07. The number of hydrogen-bond donors (Lipinski definition) is 0. The van der Waals surface area contributed by atoms with Gasteiger partial charge in [-0.2, -0.15) is 0 Å². The summed E-state index contributed by atoms with van der Waals surface area (Å²) in [6, 6.07) is 3.78. The molecule has 1 aliphatic rings. The lowest BCUT2D eigenvalue weighted by atomic mass is 10.1. The molecule has 0 amide bonds. The summed E-state index contributed by atoms with van der Waals surface area (Å²) in [6.07, 6.45) is 3.83. The minimum absolute atomic E-state index is 0.0380. The van der Waals surface area contributed by atoms with Gasteiger partial charge >= 0.3 is 0 Å². The maximum absolute atomic E-state index is 14.1. The number of rotatable bonds is 4. The lowest BCUT2D eigenvalue weighted by Gasteiger charge is -2.25. The van der Waals surface area contributed by atoms with Gasteiger partial charge < -0.3 is 4.74 Å². The van der Waals surface area contributed by atoms with Crippen molar-refractivity contribution in [1.29, 1.82) is 0 Å². The molecule has 4 rings (SSSR count). The molecule has 0 atom stereocenters. The third-order valence-electron chi connectivity index (χ3n) is 4.90. The van der Waals surface area contributed by atoms with Gasteiger partial charge in [-0.05, 0) is 37.3 Å². The number of nitrogens with zero attached hydrogens (tertiary/aromatic N) is 3. The summed E-state index contributed by atoms with van der Waals surface area (Å²) in [6.45, 7) is 0. The molecule has 3 heterocycles. The Morgan fingerprint density at radius 2 is 1.90 bits per heavy atom. The van der Waals surface area contributed by atoms with Crippen LogP contribution in [0.4, 0.5) is 8.78 Å². The van der Waals surface area contributed by atoms with E-state index in [0.29, 0.717) is 22.3 Å². The van der Waals surface area contributed by atoms with Gasteiger partial charge in [-0.15, -0.1) is 0 Å². The number of fused-ring (bicyclic) bond motifs is 1. The second-order valence-electron chi connectivity index (χ2n) is 6.88. The number of ether oxygens (including phenoxy) is 1. The zero-order chi connectivity index (χ0) is 21.5. The number of hydrogen-bond acceptors (Lipinski definition) is 7. The molecule has 0 radical (unpaired) electrons. The van der Waals surface area contributed by atoms with E-state index in [1.54, 1.807) is 6.26 Å². The van der Waals surface area contributed by atoms with Crippen LogP contribution in [-0.2, 0) is 9.84 Å². The van der Waals surface area contributed by atoms with Crippen LogP contribution in [0.5, 0.6) is 11.5 Å². The lowest BCUT2D eigenvalue weighted by molar-refractivity contribution is 0.408. The van der Waals surface area contributed by atoms with E-state index in [-0.39, 0.29) is 35.8 Å². The summed E-state index contributed by atoms with van der Waals surface area (Å²) in [4.78, 5) is 21.9. The Kier molecular flexibility index (Phi) is 5.49. The van der Waals surface area contributed by atoms with E-state index in [1.807, 2.05) is 0 Å². The third kappa shape index (κ3) is 4.04. The van der Waals surface area contributed by atoms with Crippen molar-refractivity contribution in [2.75, 3.05) is 17.8 Å². The van der Waals surface area contributed by atoms with Crippen LogP contribution in [0.1, 0.15) is 18.9 Å². The number of thioether (sulfide) groups is 1. The highest BCUT2D eigenvalue weighted by molar-refractivity contribution is 7.98. The fourth-order valence-electron chi connectivity index (χ4n) is 3.40. The molecule has 158 valence electrons. The van der Waals surface area contributed by atoms with Gasteiger partial charge in [0.15, 0.2) is 22.5 Å². The Balaban J connectivity index is 1.86. The molecule has 0 spiro atoms. The van der Waals surface area contributed by atoms with Gasteiger partial charge in [-0.25, -0.2) is 27.2 Å². The summed E-state index contributed by atoms with van der Waals surface area (Å²) < 4.78 is 57.8. The van der Waals surface area contributed by atoms with E-state index in [0.717, 1.165) is 12.1 Å². The first-order valence-corrected chi connectivity index (χ1v) is 12.1. The second-order valence-corrected chi connectivity index (χ2v) is 9.96. The summed E-state index contributed by atoms with van der Waals surface area (Å²) in [7, 11) is -3.14. The normalized spacial score (nSPS) is 16.6. The molecular weight excluding hydrogens is 436 g/mol. The topological polar surface area (TPSA) is 91.1 Å². The molecule has 0 bridgehead atoms. The van der Waals surface area contributed by atoms with Gasteiger partial charge in [0.25, 0.3) is 5.56 Å². The quantitative estimate of drug-likeness (QED) is 0.442. The maximum Gasteiger partial charge on any atom is 0.295 e. The molecule has 1 aromatic carbocycles. The number of aromatic nitrogens is 3. The smallest absolute Gasteiger partial charge is 0.295 e. The Morgan fingerprint density at radius 1 is 1.17 bits per heavy atom. The first kappa shape index (κ1) is 20.7. The van der Waals surface area contributed by atoms with E-state index in [4.69, 9.17) is 4.74 Å². The maximum atomic E-state index is 14.1. The van der Waals surface area contributed by atoms with E-state index in [2.05, 4.69) is 9.97 Å². The molecule has 1 fully saturated rings. The number of sulfone groups is 1. The molecule has 0 N–H and O–H groups in total. The molecule has 1 saturated heterocycles. The van der Waals surface area contributed by atoms with Gasteiger partial charge in [0, 0.05) is 23.7 Å². The highest BCUT2D eigenvalue weighted by Crippen LogP contribution is 2.30. The van der Waals surface area contributed by atoms with Crippen molar-refractivity contribution in [1.82, 2.24) is 14.5 Å². The third-order valence-corrected chi connectivity index (χ3v) is 7.18. The van der Waals surface area contributed by atoms with E-state index in [9.17, 15) is 22.0 Å². The van der Waals surface area contributed by atoms with E-state index < -0.39 is 33.1 Å². The molecule has 1 aliphatic heterocycles. The fraction of sp³-hybridized carbons (Fsp3) is 0.316. The van der Waals surface area contributed by atoms with Crippen LogP contribution in [0.15, 0.2) is 40.4 Å². The summed E-state index contributed by atoms with van der Waals surface area (Å²) in [5, 5.41) is 0.940. The Hall–Kier alpha value is -2.53. The summed E-state index contributed by atoms with van der Waals surface area (Å²) in [5.74, 6) is -2.27. The average molecular weight is 453 g/mol. The predicted molar refractivity (Wildman–Crippen MR) is 109 cm³/mol. The predicted octanol–water partition coefficient (Wildman–Crippen LogP) is 3.33. The Labute approximate surface area is 175 Å². The minimum atomic E-state index is -3.14. The van der Waals surface area contributed by atoms with Crippen LogP contribution < -0.4 is 10.3 Å². The van der Waals surface area contributed by atoms with Crippen molar-refractivity contribution in [2.45, 2.75) is 24.0 Å². The lowest BCUT2D eigenvalue weighted by Crippen LogP contribution is -2.32. The SMILES string of the molecule is CSc1ncc2cc(Oc3ccc(F)cc3F)c(=O)n(C3CCS(=O)(=O)CC3)c2n1. The van der Waals surface area contributed by atoms with Gasteiger partial charge in [-0.1, -0.05) is 11.8 Å². The van der Waals surface area contributed by atoms with Crippen molar-refractivity contribution in [3.63, 3.8) is 0 Å². The van der Waals surface area contributed by atoms with Crippen LogP contribution in [0.2, 0.25) is 0 Å². The minimum Gasteiger partial charge on any atom is -0.448 e. The Morgan fingerprint density at radius 3 is 2.57 bits per heavy atom. The van der Waals surface area contributed by atoms with Crippen molar-refractivity contribution < 1.29 is 21.9 Å². The molecule has 30 heavy (non-hydrogen) atoms. The largest absolute Gasteiger partial charge is 0.448 e. The van der Waals surface area contributed by atoms with E-state index in [1.165, 1.54) is 28.6 Å². The molecule has 11 heteroatoms. The highest BCUT2D eigenvalue weighted by Gasteiger charge is 2.28. The van der Waals surface area contributed by atoms with Crippen LogP contribution in [0.25, 0.3) is 11.0 Å². The molecule has 2 aromatic heterocycles. The molecule has 0 unspecified atom stereocenters. The van der Waals surface area contributed by atoms with Crippen molar-refractivity contribution in [2.24, 2.45) is 0 Å². The van der Waals surface area contributed by atoms with Crippen LogP contribution in [-0.4, -0.2) is 40.7 Å². The van der Waals surface area contributed by atoms with Crippen LogP contribution in [0, 0.1) is 11.6 Å². The van der Waals surface area contributed by atoms with Gasteiger partial charge in [0.1, 0.15) is 21.3 Å². The molecule has 0 aliphatic carbocycles. The fourth-order valence-corrected chi connectivity index (χ4v) is 5.20. The van der Waals surface area contributed by atoms with Gasteiger partial charge in [-0.3, -0.25) is 9.36 Å². The number of halogens is 2. The van der Waals surface area contributed by atoms with Crippen molar-refractivity contribution in [3.8, 4) is 11.5 Å². The Bertz CT molecular complexity index is 1280. The summed E-state index contributed by atoms with van der Waals surface area (Å²) >= 11 is 1.30. The van der Waals surface area contributed by atoms with Gasteiger partial charge in [0.05, 0.1) is 11.5 Å². The van der Waals surface area contributed by atoms with Gasteiger partial charge in [0.2, 0.25) is 0 Å². The average Bonchev–Trinajstić information content (AvgIpc) is 2.71. The molecular formula is C19H17F2N3O4S2. The number of pyridine rings is 1. The van der Waals surface area contributed by atoms with Crippen LogP contribution in [0.3, 0.4) is 0 Å². The van der Waals surface area contributed by atoms with Crippen LogP contribution >= 0.6 is 11.8 Å². The van der Waals surface area contributed by atoms with Crippen molar-refractivity contribution >= 4 is 32.6 Å². The molecule has 3 aromatic rings. The standard InChI is InChI=1S/C19H17F2N3O4S2/c1-29-19-22-10-11-8-16(28-15-3-2-12(20)9-14(15)21)18(25)24(17(11)23-19)13-4-6-30(26,27)7-5-13/h2-3,8-10,13H,4-7H2,1H3.